The van der Waals surface area contributed by atoms with Gasteiger partial charge >= 0.3 is 17.9 Å². The maximum Gasteiger partial charge on any atom is 0.331 e. The summed E-state index contributed by atoms with van der Waals surface area (Å²) in [6.07, 6.45) is -19.5. The lowest BCUT2D eigenvalue weighted by atomic mass is 9.97. The summed E-state index contributed by atoms with van der Waals surface area (Å²) in [6.45, 7) is -4.22. The third kappa shape index (κ3) is 13.9. The van der Waals surface area contributed by atoms with Crippen LogP contribution in [0, 0.1) is 0 Å². The molecule has 0 radical (unpaired) electrons. The molecule has 28 heteroatoms. The molecule has 6 rings (SSSR count). The van der Waals surface area contributed by atoms with Crippen molar-refractivity contribution in [1.29, 1.82) is 0 Å². The highest BCUT2D eigenvalue weighted by molar-refractivity contribution is 5.89. The largest absolute Gasteiger partial charge is 0.502 e. The lowest BCUT2D eigenvalue weighted by molar-refractivity contribution is -0.408. The fourth-order valence-corrected chi connectivity index (χ4v) is 8.61. The smallest absolute Gasteiger partial charge is 0.331 e. The second kappa shape index (κ2) is 27.9. The maximum atomic E-state index is 14.0. The molecule has 0 amide bonds. The number of carbonyl (C=O) groups is 3. The van der Waals surface area contributed by atoms with Crippen LogP contribution >= 0.6 is 0 Å². The Labute approximate surface area is 456 Å². The van der Waals surface area contributed by atoms with Gasteiger partial charge in [-0.25, -0.2) is 14.4 Å². The highest BCUT2D eigenvalue weighted by atomic mass is 16.8. The highest BCUT2D eigenvalue weighted by Gasteiger charge is 2.63. The second-order valence-corrected chi connectivity index (χ2v) is 17.6. The average Bonchev–Trinajstić information content (AvgIpc) is 3.78. The molecule has 3 aliphatic heterocycles. The molecule has 28 nitrogen and oxygen atoms in total. The van der Waals surface area contributed by atoms with Crippen molar-refractivity contribution >= 4 is 36.1 Å². The minimum atomic E-state index is -2.85. The Morgan fingerprint density at radius 1 is 0.512 bits per heavy atom. The summed E-state index contributed by atoms with van der Waals surface area (Å²) >= 11 is 0. The summed E-state index contributed by atoms with van der Waals surface area (Å²) in [7, 11) is 9.23. The zero-order chi connectivity index (χ0) is 58.6. The van der Waals surface area contributed by atoms with Crippen LogP contribution in [0.5, 0.6) is 51.7 Å². The standard InChI is InChI=1S/C52H64O28/c1-66-27-14-24(15-28(67-2)39(27)59)8-11-36(56)73-22-35-42(62)44(64)48(78-50-45(65)43(63)41(61)33(20-53)74-50)51(75-35)80-52(23-55)49(77-38(58)13-10-26-18-31(70-5)46(72-7)32(19-26)71-6)47(34(21-54)79-52)76-37(57)12-9-25-16-29(68-3)40(60)30(17-25)69-4/h8-19,33-35,41-45,47-51,53-55,59-65H,20-23H2,1-7H3/b11-8+,12-9+,13-10+/t33-,34-,35-,41-,42-,43+,44+,45-,47-,48-,49+,50+,51-,52+/m1/s1. The van der Waals surface area contributed by atoms with Crippen LogP contribution in [-0.4, -0.2) is 231 Å². The average molecular weight is 1140 g/mol. The van der Waals surface area contributed by atoms with Crippen LogP contribution in [0.3, 0.4) is 0 Å². The van der Waals surface area contributed by atoms with Crippen LogP contribution in [0.2, 0.25) is 0 Å². The molecular formula is C52H64O28. The minimum Gasteiger partial charge on any atom is -0.502 e. The van der Waals surface area contributed by atoms with Crippen LogP contribution in [0.1, 0.15) is 16.7 Å². The molecule has 0 unspecified atom stereocenters. The summed E-state index contributed by atoms with van der Waals surface area (Å²) in [6, 6.07) is 8.41. The number of methoxy groups -OCH3 is 7. The monoisotopic (exact) mass is 1140 g/mol. The minimum absolute atomic E-state index is 0.00706. The lowest BCUT2D eigenvalue weighted by Crippen LogP contribution is -2.66. The van der Waals surface area contributed by atoms with E-state index in [1.165, 1.54) is 104 Å². The topological polar surface area (TPSA) is 392 Å². The van der Waals surface area contributed by atoms with E-state index in [2.05, 4.69) is 0 Å². The quantitative estimate of drug-likeness (QED) is 0.0283. The molecule has 440 valence electrons. The lowest BCUT2D eigenvalue weighted by Gasteiger charge is -2.47. The maximum absolute atomic E-state index is 14.0. The SMILES string of the molecule is COc1cc(/C=C/C(=O)OC[C@H]2O[C@H](O[C@]3(CO)O[C@H](CO)[C@@H](OC(=O)/C=C/c4cc(OC)c(O)c(OC)c4)[C@@H]3OC(=O)/C=C/c3cc(OC)c(OC)c(OC)c3)[C@H](O[C@@H]3O[C@H](CO)[C@@H](O)[C@H](O)[C@H]3O)[C@@H](O)[C@@H]2O)cc(OC)c1O. The zero-order valence-corrected chi connectivity index (χ0v) is 44.1. The van der Waals surface area contributed by atoms with Gasteiger partial charge in [0.15, 0.2) is 59.3 Å². The Bertz CT molecular complexity index is 2620. The predicted molar refractivity (Wildman–Crippen MR) is 269 cm³/mol. The van der Waals surface area contributed by atoms with E-state index in [9.17, 15) is 65.4 Å². The first-order chi connectivity index (χ1) is 38.3. The molecule has 80 heavy (non-hydrogen) atoms. The van der Waals surface area contributed by atoms with Crippen LogP contribution in [0.25, 0.3) is 18.2 Å². The molecule has 0 aliphatic carbocycles. The van der Waals surface area contributed by atoms with Gasteiger partial charge in [0.25, 0.3) is 0 Å². The van der Waals surface area contributed by atoms with Gasteiger partial charge in [0.2, 0.25) is 23.0 Å². The number of rotatable bonds is 24. The summed E-state index contributed by atoms with van der Waals surface area (Å²) in [5, 5.41) is 108. The number of phenolic OH excluding ortho intramolecular Hbond substituents is 2. The Morgan fingerprint density at radius 3 is 1.40 bits per heavy atom. The molecule has 3 fully saturated rings. The van der Waals surface area contributed by atoms with Gasteiger partial charge in [0.1, 0.15) is 68.1 Å². The Kier molecular flexibility index (Phi) is 21.7. The number of benzene rings is 3. The second-order valence-electron chi connectivity index (χ2n) is 17.6. The zero-order valence-electron chi connectivity index (χ0n) is 44.1. The van der Waals surface area contributed by atoms with E-state index in [0.717, 1.165) is 18.2 Å². The summed E-state index contributed by atoms with van der Waals surface area (Å²) < 4.78 is 83.6. The van der Waals surface area contributed by atoms with E-state index in [0.29, 0.717) is 11.1 Å². The number of hydrogen-bond donors (Lipinski definition) is 10. The molecule has 3 aromatic rings. The van der Waals surface area contributed by atoms with Gasteiger partial charge in [-0.2, -0.15) is 0 Å². The molecule has 0 spiro atoms. The van der Waals surface area contributed by atoms with Crippen molar-refractivity contribution in [3.63, 3.8) is 0 Å². The number of phenols is 2. The van der Waals surface area contributed by atoms with Gasteiger partial charge in [-0.05, 0) is 71.3 Å². The van der Waals surface area contributed by atoms with Gasteiger partial charge in [-0.15, -0.1) is 0 Å². The first-order valence-corrected chi connectivity index (χ1v) is 24.1. The number of ether oxygens (including phenoxy) is 15. The molecule has 10 N–H and O–H groups in total. The van der Waals surface area contributed by atoms with Crippen molar-refractivity contribution in [3.05, 3.63) is 71.3 Å². The van der Waals surface area contributed by atoms with Crippen molar-refractivity contribution in [2.24, 2.45) is 0 Å². The Hall–Kier alpha value is -7.03. The number of aliphatic hydroxyl groups is 8. The first-order valence-electron chi connectivity index (χ1n) is 24.1. The van der Waals surface area contributed by atoms with E-state index in [4.69, 9.17) is 71.1 Å². The van der Waals surface area contributed by atoms with Crippen LogP contribution < -0.4 is 33.2 Å². The fraction of sp³-hybridized carbons (Fsp3) is 0.481. The summed E-state index contributed by atoms with van der Waals surface area (Å²) in [5.74, 6) is -6.38. The normalized spacial score (nSPS) is 28.6. The van der Waals surface area contributed by atoms with Crippen LogP contribution in [0.15, 0.2) is 54.6 Å². The Morgan fingerprint density at radius 2 is 0.950 bits per heavy atom. The van der Waals surface area contributed by atoms with E-state index in [1.54, 1.807) is 0 Å². The number of aliphatic hydroxyl groups excluding tert-OH is 8. The van der Waals surface area contributed by atoms with E-state index in [1.807, 2.05) is 0 Å². The first kappa shape index (κ1) is 62.2. The molecular weight excluding hydrogens is 1070 g/mol. The van der Waals surface area contributed by atoms with Crippen LogP contribution in [-0.2, 0) is 52.3 Å². The van der Waals surface area contributed by atoms with Crippen molar-refractivity contribution in [2.75, 3.05) is 76.2 Å². The van der Waals surface area contributed by atoms with Gasteiger partial charge < -0.3 is 122 Å². The molecule has 0 saturated carbocycles. The van der Waals surface area contributed by atoms with Gasteiger partial charge in [-0.3, -0.25) is 0 Å². The summed E-state index contributed by atoms with van der Waals surface area (Å²) in [5.41, 5.74) is 0.850. The predicted octanol–water partition coefficient (Wildman–Crippen LogP) is -1.31. The summed E-state index contributed by atoms with van der Waals surface area (Å²) in [4.78, 5) is 40.9. The Balaban J connectivity index is 1.38. The third-order valence-electron chi connectivity index (χ3n) is 12.8. The molecule has 14 atom stereocenters. The fourth-order valence-electron chi connectivity index (χ4n) is 8.61. The molecule has 3 aromatic carbocycles. The van der Waals surface area contributed by atoms with E-state index in [-0.39, 0.29) is 57.3 Å². The molecule has 0 aromatic heterocycles. The molecule has 3 heterocycles. The van der Waals surface area contributed by atoms with E-state index < -0.39 is 130 Å². The molecule has 0 bridgehead atoms. The number of carbonyl (C=O) groups excluding carboxylic acids is 3. The number of esters is 3. The third-order valence-corrected chi connectivity index (χ3v) is 12.8. The van der Waals surface area contributed by atoms with Crippen molar-refractivity contribution in [2.45, 2.75) is 85.5 Å². The van der Waals surface area contributed by atoms with Gasteiger partial charge in [-0.1, -0.05) is 0 Å². The number of hydrogen-bond acceptors (Lipinski definition) is 28. The van der Waals surface area contributed by atoms with Crippen molar-refractivity contribution in [3.8, 4) is 51.7 Å². The highest BCUT2D eigenvalue weighted by Crippen LogP contribution is 2.43. The van der Waals surface area contributed by atoms with Crippen molar-refractivity contribution in [1.82, 2.24) is 0 Å². The van der Waals surface area contributed by atoms with Gasteiger partial charge in [0, 0.05) is 18.2 Å². The van der Waals surface area contributed by atoms with E-state index >= 15 is 0 Å². The molecule has 3 saturated heterocycles. The van der Waals surface area contributed by atoms with Gasteiger partial charge in [0.05, 0.1) is 63.0 Å². The van der Waals surface area contributed by atoms with Crippen LogP contribution in [0.4, 0.5) is 0 Å². The number of aromatic hydroxyl groups is 2. The van der Waals surface area contributed by atoms with Crippen molar-refractivity contribution < 1.29 is 137 Å². The molecule has 3 aliphatic rings.